The lowest BCUT2D eigenvalue weighted by molar-refractivity contribution is -0.181. The van der Waals surface area contributed by atoms with Gasteiger partial charge in [0.05, 0.1) is 5.41 Å². The minimum atomic E-state index is -4.21. The molecule has 9 heteroatoms. The molecule has 1 saturated heterocycles. The van der Waals surface area contributed by atoms with Gasteiger partial charge in [-0.1, -0.05) is 0 Å². The Bertz CT molecular complexity index is 457. The van der Waals surface area contributed by atoms with E-state index in [2.05, 4.69) is 15.6 Å². The van der Waals surface area contributed by atoms with Gasteiger partial charge in [0.25, 0.3) is 0 Å². The highest BCUT2D eigenvalue weighted by Gasteiger charge is 2.41. The van der Waals surface area contributed by atoms with Gasteiger partial charge in [-0.05, 0) is 20.8 Å². The third-order valence-electron chi connectivity index (χ3n) is 4.38. The van der Waals surface area contributed by atoms with Gasteiger partial charge >= 0.3 is 6.18 Å². The van der Waals surface area contributed by atoms with Crippen molar-refractivity contribution in [2.45, 2.75) is 33.0 Å². The number of alkyl halides is 3. The van der Waals surface area contributed by atoms with E-state index in [0.717, 1.165) is 0 Å². The average molecular weight is 351 g/mol. The zero-order valence-corrected chi connectivity index (χ0v) is 15.0. The van der Waals surface area contributed by atoms with Crippen molar-refractivity contribution in [2.75, 3.05) is 46.8 Å². The van der Waals surface area contributed by atoms with Crippen LogP contribution in [0.25, 0.3) is 0 Å². The van der Waals surface area contributed by atoms with Crippen LogP contribution in [0, 0.1) is 5.41 Å². The van der Waals surface area contributed by atoms with Crippen LogP contribution < -0.4 is 10.6 Å². The molecule has 1 amide bonds. The number of nitrogens with zero attached hydrogens (tertiary/aromatic N) is 3. The lowest BCUT2D eigenvalue weighted by Crippen LogP contribution is -2.57. The quantitative estimate of drug-likeness (QED) is 0.584. The van der Waals surface area contributed by atoms with E-state index in [9.17, 15) is 18.0 Å². The van der Waals surface area contributed by atoms with Crippen molar-refractivity contribution in [1.29, 1.82) is 0 Å². The van der Waals surface area contributed by atoms with Crippen molar-refractivity contribution >= 4 is 11.9 Å². The van der Waals surface area contributed by atoms with Gasteiger partial charge in [0.1, 0.15) is 6.04 Å². The van der Waals surface area contributed by atoms with E-state index in [1.165, 1.54) is 11.8 Å². The number of nitrogens with one attached hydrogen (secondary N) is 2. The Morgan fingerprint density at radius 3 is 2.17 bits per heavy atom. The molecule has 24 heavy (non-hydrogen) atoms. The SMILES string of the molecule is CN=C(NCC(C)(C)C(=O)NC)N1CCN(C(C)C(F)(F)F)CC1. The van der Waals surface area contributed by atoms with Gasteiger partial charge in [-0.2, -0.15) is 13.2 Å². The molecule has 1 atom stereocenters. The lowest BCUT2D eigenvalue weighted by Gasteiger charge is -2.40. The molecule has 1 aliphatic rings. The molecule has 0 radical (unpaired) electrons. The molecule has 0 saturated carbocycles. The summed E-state index contributed by atoms with van der Waals surface area (Å²) in [6.45, 7) is 6.76. The summed E-state index contributed by atoms with van der Waals surface area (Å²) in [4.78, 5) is 19.3. The summed E-state index contributed by atoms with van der Waals surface area (Å²) in [7, 11) is 3.21. The molecule has 2 N–H and O–H groups in total. The number of piperazine rings is 1. The van der Waals surface area contributed by atoms with Crippen molar-refractivity contribution in [1.82, 2.24) is 20.4 Å². The van der Waals surface area contributed by atoms with Gasteiger partial charge in [0.15, 0.2) is 5.96 Å². The Hall–Kier alpha value is -1.51. The van der Waals surface area contributed by atoms with Crippen LogP contribution in [-0.4, -0.2) is 80.7 Å². The third-order valence-corrected chi connectivity index (χ3v) is 4.38. The predicted molar refractivity (Wildman–Crippen MR) is 87.9 cm³/mol. The van der Waals surface area contributed by atoms with Crippen molar-refractivity contribution < 1.29 is 18.0 Å². The van der Waals surface area contributed by atoms with E-state index in [4.69, 9.17) is 0 Å². The van der Waals surface area contributed by atoms with Gasteiger partial charge in [-0.3, -0.25) is 14.7 Å². The fourth-order valence-corrected chi connectivity index (χ4v) is 2.58. The van der Waals surface area contributed by atoms with Crippen LogP contribution in [0.2, 0.25) is 0 Å². The summed E-state index contributed by atoms with van der Waals surface area (Å²) in [6.07, 6.45) is -4.21. The molecular formula is C15H28F3N5O. The Morgan fingerprint density at radius 2 is 1.75 bits per heavy atom. The molecule has 0 spiro atoms. The summed E-state index contributed by atoms with van der Waals surface area (Å²) in [5.74, 6) is 0.514. The van der Waals surface area contributed by atoms with Crippen LogP contribution in [0.3, 0.4) is 0 Å². The zero-order valence-electron chi connectivity index (χ0n) is 15.0. The minimum absolute atomic E-state index is 0.0886. The monoisotopic (exact) mass is 351 g/mol. The number of rotatable bonds is 4. The highest BCUT2D eigenvalue weighted by molar-refractivity contribution is 5.84. The molecule has 1 fully saturated rings. The standard InChI is InChI=1S/C15H28F3N5O/c1-11(15(16,17)18)22-6-8-23(9-7-22)13(20-5)21-10-14(2,3)12(24)19-4/h11H,6-10H2,1-5H3,(H,19,24)(H,20,21). The molecule has 0 aromatic carbocycles. The van der Waals surface area contributed by atoms with Gasteiger partial charge in [0, 0.05) is 46.8 Å². The summed E-state index contributed by atoms with van der Waals surface area (Å²) < 4.78 is 38.4. The Balaban J connectivity index is 2.57. The van der Waals surface area contributed by atoms with Crippen LogP contribution in [-0.2, 0) is 4.79 Å². The number of aliphatic imine (C=N–C) groups is 1. The summed E-state index contributed by atoms with van der Waals surface area (Å²) in [6, 6.07) is -1.44. The first kappa shape index (κ1) is 20.5. The molecular weight excluding hydrogens is 323 g/mol. The van der Waals surface area contributed by atoms with Crippen LogP contribution in [0.5, 0.6) is 0 Å². The highest BCUT2D eigenvalue weighted by Crippen LogP contribution is 2.25. The van der Waals surface area contributed by atoms with Gasteiger partial charge in [0.2, 0.25) is 5.91 Å². The smallest absolute Gasteiger partial charge is 0.359 e. The van der Waals surface area contributed by atoms with E-state index in [0.29, 0.717) is 38.7 Å². The molecule has 1 unspecified atom stereocenters. The number of hydrogen-bond donors (Lipinski definition) is 2. The minimum Gasteiger partial charge on any atom is -0.359 e. The fourth-order valence-electron chi connectivity index (χ4n) is 2.58. The summed E-state index contributed by atoms with van der Waals surface area (Å²) >= 11 is 0. The van der Waals surface area contributed by atoms with Gasteiger partial charge in [-0.15, -0.1) is 0 Å². The Morgan fingerprint density at radius 1 is 1.21 bits per heavy atom. The maximum Gasteiger partial charge on any atom is 0.403 e. The number of carbonyl (C=O) groups is 1. The lowest BCUT2D eigenvalue weighted by atomic mass is 9.92. The number of guanidine groups is 1. The molecule has 0 aromatic rings. The zero-order chi connectivity index (χ0) is 18.5. The second-order valence-corrected chi connectivity index (χ2v) is 6.60. The van der Waals surface area contributed by atoms with Crippen LogP contribution >= 0.6 is 0 Å². The molecule has 0 aliphatic carbocycles. The number of halogens is 3. The van der Waals surface area contributed by atoms with Crippen LogP contribution in [0.4, 0.5) is 13.2 Å². The summed E-state index contributed by atoms with van der Waals surface area (Å²) in [5.41, 5.74) is -0.614. The van der Waals surface area contributed by atoms with E-state index < -0.39 is 17.6 Å². The Labute approximate surface area is 141 Å². The normalized spacial score (nSPS) is 19.2. The molecule has 6 nitrogen and oxygen atoms in total. The first-order valence-corrected chi connectivity index (χ1v) is 8.01. The number of carbonyl (C=O) groups excluding carboxylic acids is 1. The number of hydrogen-bond acceptors (Lipinski definition) is 3. The molecule has 0 aromatic heterocycles. The largest absolute Gasteiger partial charge is 0.403 e. The van der Waals surface area contributed by atoms with Crippen LogP contribution in [0.15, 0.2) is 4.99 Å². The second kappa shape index (κ2) is 8.04. The molecule has 140 valence electrons. The van der Waals surface area contributed by atoms with Crippen molar-refractivity contribution in [3.05, 3.63) is 0 Å². The van der Waals surface area contributed by atoms with Crippen LogP contribution in [0.1, 0.15) is 20.8 Å². The predicted octanol–water partition coefficient (Wildman–Crippen LogP) is 0.902. The van der Waals surface area contributed by atoms with E-state index >= 15 is 0 Å². The molecule has 1 heterocycles. The third kappa shape index (κ3) is 5.25. The maximum absolute atomic E-state index is 12.8. The first-order chi connectivity index (χ1) is 11.0. The Kier molecular flexibility index (Phi) is 6.88. The summed E-state index contributed by atoms with van der Waals surface area (Å²) in [5, 5.41) is 5.76. The van der Waals surface area contributed by atoms with Gasteiger partial charge in [-0.25, -0.2) is 0 Å². The maximum atomic E-state index is 12.8. The molecule has 0 bridgehead atoms. The van der Waals surface area contributed by atoms with Crippen molar-refractivity contribution in [3.63, 3.8) is 0 Å². The van der Waals surface area contributed by atoms with Crippen molar-refractivity contribution in [3.8, 4) is 0 Å². The molecule has 1 rings (SSSR count). The second-order valence-electron chi connectivity index (χ2n) is 6.60. The first-order valence-electron chi connectivity index (χ1n) is 8.01. The van der Waals surface area contributed by atoms with E-state index in [1.807, 2.05) is 18.7 Å². The topological polar surface area (TPSA) is 60.0 Å². The fraction of sp³-hybridized carbons (Fsp3) is 0.867. The highest BCUT2D eigenvalue weighted by atomic mass is 19.4. The molecule has 1 aliphatic heterocycles. The van der Waals surface area contributed by atoms with Crippen molar-refractivity contribution in [2.24, 2.45) is 10.4 Å². The average Bonchev–Trinajstić information content (AvgIpc) is 2.53. The van der Waals surface area contributed by atoms with E-state index in [1.54, 1.807) is 14.1 Å². The number of amides is 1. The van der Waals surface area contributed by atoms with E-state index in [-0.39, 0.29) is 5.91 Å². The van der Waals surface area contributed by atoms with Gasteiger partial charge < -0.3 is 15.5 Å².